The monoisotopic (exact) mass is 412 g/mol. The Kier molecular flexibility index (Phi) is 6.46. The van der Waals surface area contributed by atoms with Gasteiger partial charge in [0.1, 0.15) is 11.1 Å². The number of rotatable bonds is 5. The molecule has 0 atom stereocenters. The predicted molar refractivity (Wildman–Crippen MR) is 110 cm³/mol. The standard InChI is InChI=1S/C20H20N4O4S/c1-27-15-8-7-12(9-16(15)28-2)11-22-24-19(26)18(25)23-20-14(10-21)13-5-3-4-6-17(13)29-20/h7-9,11H,3-6H2,1-2H3,(H,23,25)(H,24,26). The quantitative estimate of drug-likeness (QED) is 0.445. The third-order valence-corrected chi connectivity index (χ3v) is 5.71. The van der Waals surface area contributed by atoms with Crippen LogP contribution in [0.4, 0.5) is 5.00 Å². The number of anilines is 1. The van der Waals surface area contributed by atoms with Crippen LogP contribution < -0.4 is 20.2 Å². The lowest BCUT2D eigenvalue weighted by molar-refractivity contribution is -0.136. The molecule has 0 spiro atoms. The first-order valence-electron chi connectivity index (χ1n) is 8.98. The first-order chi connectivity index (χ1) is 14.1. The summed E-state index contributed by atoms with van der Waals surface area (Å²) in [4.78, 5) is 25.3. The van der Waals surface area contributed by atoms with Gasteiger partial charge in [-0.15, -0.1) is 11.3 Å². The number of hydrazone groups is 1. The Morgan fingerprint density at radius 1 is 1.17 bits per heavy atom. The Balaban J connectivity index is 1.63. The number of benzene rings is 1. The number of nitrogens with zero attached hydrogens (tertiary/aromatic N) is 2. The molecule has 1 aliphatic carbocycles. The second-order valence-corrected chi connectivity index (χ2v) is 7.40. The summed E-state index contributed by atoms with van der Waals surface area (Å²) in [5, 5.41) is 16.2. The summed E-state index contributed by atoms with van der Waals surface area (Å²) >= 11 is 1.36. The molecule has 0 saturated heterocycles. The van der Waals surface area contributed by atoms with Crippen molar-refractivity contribution < 1.29 is 19.1 Å². The SMILES string of the molecule is COc1ccc(C=NNC(=O)C(=O)Nc2sc3c(c2C#N)CCCC3)cc1OC. The van der Waals surface area contributed by atoms with Crippen molar-refractivity contribution >= 4 is 34.4 Å². The molecule has 8 nitrogen and oxygen atoms in total. The van der Waals surface area contributed by atoms with E-state index in [4.69, 9.17) is 9.47 Å². The van der Waals surface area contributed by atoms with Gasteiger partial charge in [0.15, 0.2) is 11.5 Å². The van der Waals surface area contributed by atoms with Gasteiger partial charge in [-0.2, -0.15) is 10.4 Å². The molecule has 9 heteroatoms. The average Bonchev–Trinajstić information content (AvgIpc) is 3.10. The Bertz CT molecular complexity index is 1010. The van der Waals surface area contributed by atoms with Gasteiger partial charge in [-0.3, -0.25) is 9.59 Å². The predicted octanol–water partition coefficient (Wildman–Crippen LogP) is 2.60. The van der Waals surface area contributed by atoms with Gasteiger partial charge < -0.3 is 14.8 Å². The van der Waals surface area contributed by atoms with Crippen LogP contribution in [0.2, 0.25) is 0 Å². The van der Waals surface area contributed by atoms with E-state index in [9.17, 15) is 14.9 Å². The van der Waals surface area contributed by atoms with Gasteiger partial charge in [0.25, 0.3) is 0 Å². The van der Waals surface area contributed by atoms with Gasteiger partial charge in [0, 0.05) is 4.88 Å². The van der Waals surface area contributed by atoms with E-state index in [-0.39, 0.29) is 0 Å². The number of fused-ring (bicyclic) bond motifs is 1. The zero-order chi connectivity index (χ0) is 20.8. The van der Waals surface area contributed by atoms with E-state index in [0.29, 0.717) is 27.6 Å². The largest absolute Gasteiger partial charge is 0.493 e. The van der Waals surface area contributed by atoms with Crippen molar-refractivity contribution in [2.75, 3.05) is 19.5 Å². The van der Waals surface area contributed by atoms with E-state index in [2.05, 4.69) is 21.9 Å². The molecule has 1 heterocycles. The van der Waals surface area contributed by atoms with Crippen molar-refractivity contribution in [1.29, 1.82) is 5.26 Å². The number of aryl methyl sites for hydroxylation is 1. The van der Waals surface area contributed by atoms with E-state index >= 15 is 0 Å². The highest BCUT2D eigenvalue weighted by atomic mass is 32.1. The van der Waals surface area contributed by atoms with Crippen molar-refractivity contribution in [1.82, 2.24) is 5.43 Å². The van der Waals surface area contributed by atoms with Gasteiger partial charge in [0.2, 0.25) is 0 Å². The lowest BCUT2D eigenvalue weighted by Gasteiger charge is -2.09. The number of methoxy groups -OCH3 is 2. The molecule has 0 fully saturated rings. The van der Waals surface area contributed by atoms with Crippen LogP contribution >= 0.6 is 11.3 Å². The van der Waals surface area contributed by atoms with Crippen LogP contribution in [0.3, 0.4) is 0 Å². The lowest BCUT2D eigenvalue weighted by Crippen LogP contribution is -2.32. The lowest BCUT2D eigenvalue weighted by atomic mass is 9.96. The highest BCUT2D eigenvalue weighted by molar-refractivity contribution is 7.16. The van der Waals surface area contributed by atoms with Crippen LogP contribution in [0.25, 0.3) is 0 Å². The van der Waals surface area contributed by atoms with Crippen molar-refractivity contribution in [3.8, 4) is 17.6 Å². The molecule has 0 aliphatic heterocycles. The van der Waals surface area contributed by atoms with Gasteiger partial charge in [-0.25, -0.2) is 5.43 Å². The molecule has 0 saturated carbocycles. The van der Waals surface area contributed by atoms with E-state index in [1.807, 2.05) is 0 Å². The number of ether oxygens (including phenoxy) is 2. The molecule has 2 N–H and O–H groups in total. The third kappa shape index (κ3) is 4.55. The maximum atomic E-state index is 12.2. The Morgan fingerprint density at radius 3 is 2.66 bits per heavy atom. The van der Waals surface area contributed by atoms with Gasteiger partial charge >= 0.3 is 11.8 Å². The molecule has 1 aromatic carbocycles. The molecule has 3 rings (SSSR count). The van der Waals surface area contributed by atoms with E-state index < -0.39 is 11.8 Å². The van der Waals surface area contributed by atoms with E-state index in [1.165, 1.54) is 31.8 Å². The zero-order valence-electron chi connectivity index (χ0n) is 16.1. The molecule has 0 radical (unpaired) electrons. The number of amides is 2. The third-order valence-electron chi connectivity index (χ3n) is 4.50. The molecular formula is C20H20N4O4S. The van der Waals surface area contributed by atoms with E-state index in [0.717, 1.165) is 36.1 Å². The van der Waals surface area contributed by atoms with Crippen LogP contribution in [0.15, 0.2) is 23.3 Å². The number of carbonyl (C=O) groups excluding carboxylic acids is 2. The van der Waals surface area contributed by atoms with Crippen LogP contribution in [-0.4, -0.2) is 32.2 Å². The summed E-state index contributed by atoms with van der Waals surface area (Å²) in [6.07, 6.45) is 5.20. The molecule has 2 aromatic rings. The number of carbonyl (C=O) groups is 2. The summed E-state index contributed by atoms with van der Waals surface area (Å²) in [6, 6.07) is 7.26. The Labute approximate surface area is 172 Å². The molecule has 1 aromatic heterocycles. The molecule has 0 bridgehead atoms. The highest BCUT2D eigenvalue weighted by Crippen LogP contribution is 2.37. The minimum atomic E-state index is -0.919. The smallest absolute Gasteiger partial charge is 0.329 e. The number of nitriles is 1. The Hall–Kier alpha value is -3.38. The Morgan fingerprint density at radius 2 is 1.93 bits per heavy atom. The second-order valence-electron chi connectivity index (χ2n) is 6.29. The van der Waals surface area contributed by atoms with Crippen LogP contribution in [0, 0.1) is 11.3 Å². The summed E-state index contributed by atoms with van der Waals surface area (Å²) in [6.45, 7) is 0. The van der Waals surface area contributed by atoms with Gasteiger partial charge in [0.05, 0.1) is 26.0 Å². The minimum absolute atomic E-state index is 0.420. The topological polar surface area (TPSA) is 113 Å². The molecule has 1 aliphatic rings. The van der Waals surface area contributed by atoms with Crippen LogP contribution in [0.5, 0.6) is 11.5 Å². The van der Waals surface area contributed by atoms with Crippen LogP contribution in [-0.2, 0) is 22.4 Å². The number of nitrogens with one attached hydrogen (secondary N) is 2. The van der Waals surface area contributed by atoms with Crippen molar-refractivity contribution in [2.45, 2.75) is 25.7 Å². The molecule has 29 heavy (non-hydrogen) atoms. The first kappa shape index (κ1) is 20.4. The summed E-state index contributed by atoms with van der Waals surface area (Å²) in [5.41, 5.74) is 4.29. The fourth-order valence-electron chi connectivity index (χ4n) is 3.08. The molecule has 150 valence electrons. The van der Waals surface area contributed by atoms with E-state index in [1.54, 1.807) is 18.2 Å². The summed E-state index contributed by atoms with van der Waals surface area (Å²) in [7, 11) is 3.05. The van der Waals surface area contributed by atoms with Crippen molar-refractivity contribution in [3.05, 3.63) is 39.8 Å². The number of hydrogen-bond acceptors (Lipinski definition) is 7. The maximum absolute atomic E-state index is 12.2. The van der Waals surface area contributed by atoms with Gasteiger partial charge in [-0.05, 0) is 55.0 Å². The van der Waals surface area contributed by atoms with Gasteiger partial charge in [-0.1, -0.05) is 0 Å². The fourth-order valence-corrected chi connectivity index (χ4v) is 4.32. The summed E-state index contributed by atoms with van der Waals surface area (Å²) < 4.78 is 10.4. The van der Waals surface area contributed by atoms with Crippen LogP contribution in [0.1, 0.15) is 34.4 Å². The number of hydrogen-bond donors (Lipinski definition) is 2. The van der Waals surface area contributed by atoms with Crippen molar-refractivity contribution in [2.24, 2.45) is 5.10 Å². The number of thiophene rings is 1. The normalized spacial score (nSPS) is 12.7. The first-order valence-corrected chi connectivity index (χ1v) is 9.80. The zero-order valence-corrected chi connectivity index (χ0v) is 16.9. The fraction of sp³-hybridized carbons (Fsp3) is 0.300. The maximum Gasteiger partial charge on any atom is 0.329 e. The molecular weight excluding hydrogens is 392 g/mol. The second kappa shape index (κ2) is 9.21. The average molecular weight is 412 g/mol. The summed E-state index contributed by atoms with van der Waals surface area (Å²) in [5.74, 6) is -0.701. The van der Waals surface area contributed by atoms with Crippen molar-refractivity contribution in [3.63, 3.8) is 0 Å². The minimum Gasteiger partial charge on any atom is -0.493 e. The highest BCUT2D eigenvalue weighted by Gasteiger charge is 2.23. The molecule has 2 amide bonds. The molecule has 0 unspecified atom stereocenters.